The topological polar surface area (TPSA) is 90.2 Å². The first-order valence-electron chi connectivity index (χ1n) is 7.24. The second kappa shape index (κ2) is 8.18. The van der Waals surface area contributed by atoms with Crippen LogP contribution < -0.4 is 15.4 Å². The second-order valence-electron chi connectivity index (χ2n) is 5.56. The van der Waals surface area contributed by atoms with Gasteiger partial charge in [-0.1, -0.05) is 13.8 Å². The molecule has 0 bridgehead atoms. The maximum atomic E-state index is 9.87. The third-order valence-electron chi connectivity index (χ3n) is 3.49. The van der Waals surface area contributed by atoms with Gasteiger partial charge in [0, 0.05) is 24.7 Å². The van der Waals surface area contributed by atoms with E-state index in [0.717, 1.165) is 29.9 Å². The Bertz CT molecular complexity index is 557. The highest BCUT2D eigenvalue weighted by molar-refractivity contribution is 5.85. The third-order valence-corrected chi connectivity index (χ3v) is 3.49. The third kappa shape index (κ3) is 4.23. The summed E-state index contributed by atoms with van der Waals surface area (Å²) in [7, 11) is 0. The number of anilines is 1. The molecule has 0 amide bonds. The van der Waals surface area contributed by atoms with Crippen molar-refractivity contribution >= 4 is 18.2 Å². The van der Waals surface area contributed by atoms with E-state index in [-0.39, 0.29) is 19.0 Å². The molecule has 1 aromatic heterocycles. The van der Waals surface area contributed by atoms with Crippen LogP contribution in [0, 0.1) is 18.3 Å². The first-order valence-corrected chi connectivity index (χ1v) is 7.24. The molecule has 0 radical (unpaired) electrons. The molecule has 3 N–H and O–H groups in total. The molecule has 2 rings (SSSR count). The van der Waals surface area contributed by atoms with E-state index in [1.54, 1.807) is 0 Å². The number of aromatic nitrogens is 1. The van der Waals surface area contributed by atoms with Crippen LogP contribution in [0.15, 0.2) is 0 Å². The number of nitrogens with one attached hydrogen (secondary N) is 2. The number of fused-ring (bicyclic) bond motifs is 1. The van der Waals surface area contributed by atoms with Gasteiger partial charge in [0.25, 0.3) is 0 Å². The van der Waals surface area contributed by atoms with Crippen molar-refractivity contribution in [2.75, 3.05) is 25.0 Å². The quantitative estimate of drug-likeness (QED) is 0.732. The zero-order valence-electron chi connectivity index (χ0n) is 13.1. The molecular weight excluding hydrogens is 304 g/mol. The summed E-state index contributed by atoms with van der Waals surface area (Å²) in [5, 5.41) is 25.5. The Kier molecular flexibility index (Phi) is 6.88. The normalized spacial score (nSPS) is 13.8. The van der Waals surface area contributed by atoms with Crippen molar-refractivity contribution in [1.82, 2.24) is 10.3 Å². The number of ether oxygens (including phenoxy) is 1. The molecule has 1 aromatic rings. The Morgan fingerprint density at radius 3 is 2.86 bits per heavy atom. The molecule has 0 saturated heterocycles. The van der Waals surface area contributed by atoms with Gasteiger partial charge in [-0.2, -0.15) is 10.2 Å². The second-order valence-corrected chi connectivity index (χ2v) is 5.56. The van der Waals surface area contributed by atoms with Crippen LogP contribution in [0.25, 0.3) is 0 Å². The van der Waals surface area contributed by atoms with Crippen LogP contribution >= 0.6 is 12.4 Å². The van der Waals surface area contributed by atoms with Gasteiger partial charge in [-0.15, -0.1) is 12.4 Å². The minimum absolute atomic E-state index is 0. The molecule has 2 heterocycles. The van der Waals surface area contributed by atoms with Gasteiger partial charge in [0.05, 0.1) is 0 Å². The summed E-state index contributed by atoms with van der Waals surface area (Å²) in [5.41, 5.74) is 2.46. The Balaban J connectivity index is 0.00000242. The molecule has 22 heavy (non-hydrogen) atoms. The first kappa shape index (κ1) is 18.5. The van der Waals surface area contributed by atoms with Gasteiger partial charge in [-0.3, -0.25) is 0 Å². The minimum atomic E-state index is -0.637. The number of nitriles is 1. The van der Waals surface area contributed by atoms with Crippen LogP contribution in [0.3, 0.4) is 0 Å². The van der Waals surface area contributed by atoms with E-state index >= 15 is 0 Å². The van der Waals surface area contributed by atoms with Gasteiger partial charge in [0.1, 0.15) is 30.2 Å². The molecule has 1 atom stereocenters. The van der Waals surface area contributed by atoms with Crippen molar-refractivity contribution < 1.29 is 9.84 Å². The van der Waals surface area contributed by atoms with Crippen LogP contribution in [0.2, 0.25) is 0 Å². The number of aliphatic hydroxyl groups is 1. The number of nitrogens with zero attached hydrogens (tertiary/aromatic N) is 2. The van der Waals surface area contributed by atoms with Crippen molar-refractivity contribution in [2.24, 2.45) is 0 Å². The molecule has 1 aliphatic heterocycles. The van der Waals surface area contributed by atoms with Gasteiger partial charge in [-0.05, 0) is 18.9 Å². The Labute approximate surface area is 137 Å². The average Bonchev–Trinajstić information content (AvgIpc) is 2.91. The van der Waals surface area contributed by atoms with Gasteiger partial charge < -0.3 is 20.5 Å². The van der Waals surface area contributed by atoms with E-state index in [1.165, 1.54) is 0 Å². The van der Waals surface area contributed by atoms with Crippen LogP contribution in [0.4, 0.5) is 5.82 Å². The highest BCUT2D eigenvalue weighted by atomic mass is 35.5. The van der Waals surface area contributed by atoms with Gasteiger partial charge in [0.15, 0.2) is 0 Å². The fourth-order valence-corrected chi connectivity index (χ4v) is 2.31. The van der Waals surface area contributed by atoms with Crippen molar-refractivity contribution in [3.63, 3.8) is 0 Å². The molecule has 6 nitrogen and oxygen atoms in total. The maximum absolute atomic E-state index is 9.87. The number of hydrogen-bond acceptors (Lipinski definition) is 6. The molecular formula is C15H23ClN4O2. The molecule has 0 saturated carbocycles. The number of pyridine rings is 1. The van der Waals surface area contributed by atoms with Gasteiger partial charge >= 0.3 is 0 Å². The largest absolute Gasteiger partial charge is 0.474 e. The lowest BCUT2D eigenvalue weighted by molar-refractivity contribution is 0.102. The van der Waals surface area contributed by atoms with Gasteiger partial charge in [-0.25, -0.2) is 0 Å². The van der Waals surface area contributed by atoms with E-state index < -0.39 is 6.10 Å². The maximum Gasteiger partial charge on any atom is 0.234 e. The monoisotopic (exact) mass is 326 g/mol. The lowest BCUT2D eigenvalue weighted by Gasteiger charge is -2.16. The summed E-state index contributed by atoms with van der Waals surface area (Å²) >= 11 is 0. The molecule has 7 heteroatoms. The van der Waals surface area contributed by atoms with Crippen LogP contribution in [-0.4, -0.2) is 41.9 Å². The molecule has 1 unspecified atom stereocenters. The summed E-state index contributed by atoms with van der Waals surface area (Å²) < 4.78 is 5.56. The smallest absolute Gasteiger partial charge is 0.234 e. The zero-order valence-corrected chi connectivity index (χ0v) is 14.0. The van der Waals surface area contributed by atoms with Crippen LogP contribution in [-0.2, 0) is 6.42 Å². The number of aliphatic hydroxyl groups excluding tert-OH is 1. The zero-order chi connectivity index (χ0) is 15.4. The van der Waals surface area contributed by atoms with Crippen molar-refractivity contribution in [1.29, 1.82) is 5.26 Å². The molecule has 1 aliphatic rings. The number of rotatable bonds is 6. The van der Waals surface area contributed by atoms with Crippen molar-refractivity contribution in [3.05, 3.63) is 16.7 Å². The molecule has 0 fully saturated rings. The Hall–Kier alpha value is -1.55. The molecule has 0 aromatic carbocycles. The lowest BCUT2D eigenvalue weighted by atomic mass is 10.0. The Morgan fingerprint density at radius 2 is 2.23 bits per heavy atom. The molecule has 0 spiro atoms. The van der Waals surface area contributed by atoms with E-state index in [1.807, 2.05) is 20.8 Å². The summed E-state index contributed by atoms with van der Waals surface area (Å²) in [5.74, 6) is 1.09. The summed E-state index contributed by atoms with van der Waals surface area (Å²) in [6, 6.07) is 2.46. The highest BCUT2D eigenvalue weighted by Gasteiger charge is 2.21. The SMILES string of the molecule is Cc1c(C#N)c(OCC(O)CNC(C)C)nc2c1CCN2.Cl. The summed E-state index contributed by atoms with van der Waals surface area (Å²) in [4.78, 5) is 4.36. The summed E-state index contributed by atoms with van der Waals surface area (Å²) in [6.45, 7) is 7.33. The number of halogens is 1. The van der Waals surface area contributed by atoms with Crippen molar-refractivity contribution in [2.45, 2.75) is 39.3 Å². The van der Waals surface area contributed by atoms with E-state index in [0.29, 0.717) is 24.0 Å². The minimum Gasteiger partial charge on any atom is -0.474 e. The molecule has 0 aliphatic carbocycles. The van der Waals surface area contributed by atoms with E-state index in [2.05, 4.69) is 21.7 Å². The summed E-state index contributed by atoms with van der Waals surface area (Å²) in [6.07, 6.45) is 0.242. The highest BCUT2D eigenvalue weighted by Crippen LogP contribution is 2.31. The van der Waals surface area contributed by atoms with Gasteiger partial charge in [0.2, 0.25) is 5.88 Å². The number of hydrogen-bond donors (Lipinski definition) is 3. The fraction of sp³-hybridized carbons (Fsp3) is 0.600. The first-order chi connectivity index (χ1) is 10.0. The van der Waals surface area contributed by atoms with E-state index in [9.17, 15) is 10.4 Å². The Morgan fingerprint density at radius 1 is 1.50 bits per heavy atom. The van der Waals surface area contributed by atoms with Crippen LogP contribution in [0.1, 0.15) is 30.5 Å². The standard InChI is InChI=1S/C15H22N4O2.ClH/c1-9(2)18-7-11(20)8-21-15-13(6-16)10(3)12-4-5-17-14(12)19-15;/h9,11,18,20H,4-5,7-8H2,1-3H3,(H,17,19);1H. The molecule has 122 valence electrons. The lowest BCUT2D eigenvalue weighted by Crippen LogP contribution is -2.35. The fourth-order valence-electron chi connectivity index (χ4n) is 2.31. The average molecular weight is 327 g/mol. The van der Waals surface area contributed by atoms with Crippen LogP contribution in [0.5, 0.6) is 5.88 Å². The van der Waals surface area contributed by atoms with E-state index in [4.69, 9.17) is 4.74 Å². The predicted molar refractivity (Wildman–Crippen MR) is 87.8 cm³/mol. The van der Waals surface area contributed by atoms with Crippen molar-refractivity contribution in [3.8, 4) is 11.9 Å². The predicted octanol–water partition coefficient (Wildman–Crippen LogP) is 1.39.